The van der Waals surface area contributed by atoms with Gasteiger partial charge in [0.2, 0.25) is 0 Å². The predicted octanol–water partition coefficient (Wildman–Crippen LogP) is 1.20. The summed E-state index contributed by atoms with van der Waals surface area (Å²) in [5.41, 5.74) is 1.43. The molecule has 2 aromatic heterocycles. The summed E-state index contributed by atoms with van der Waals surface area (Å²) in [4.78, 5) is 37.7. The minimum absolute atomic E-state index is 0.236. The average molecular weight is 306 g/mol. The highest BCUT2D eigenvalue weighted by atomic mass is 16.2. The van der Waals surface area contributed by atoms with Crippen molar-refractivity contribution in [1.29, 1.82) is 0 Å². The highest BCUT2D eigenvalue weighted by Crippen LogP contribution is 2.63. The van der Waals surface area contributed by atoms with Gasteiger partial charge in [0, 0.05) is 11.8 Å². The molecule has 2 heterocycles. The second-order valence-corrected chi connectivity index (χ2v) is 7.14. The normalized spacial score (nSPS) is 38.3. The van der Waals surface area contributed by atoms with Gasteiger partial charge in [0.1, 0.15) is 0 Å². The number of nitrogens with zero attached hydrogens (tertiary/aromatic N) is 2. The zero-order valence-electron chi connectivity index (χ0n) is 12.2. The van der Waals surface area contributed by atoms with Gasteiger partial charge in [0.15, 0.2) is 11.2 Å². The molecule has 114 valence electrons. The molecule has 0 amide bonds. The maximum atomic E-state index is 12.0. The summed E-state index contributed by atoms with van der Waals surface area (Å²) < 4.78 is 0. The number of nitrogens with one attached hydrogen (secondary N) is 2. The fraction of sp³-hybridized carbons (Fsp3) is 0.412. The van der Waals surface area contributed by atoms with E-state index in [9.17, 15) is 9.59 Å². The average Bonchev–Trinajstić information content (AvgIpc) is 3.16. The van der Waals surface area contributed by atoms with Crippen LogP contribution in [0.1, 0.15) is 29.6 Å². The van der Waals surface area contributed by atoms with E-state index in [-0.39, 0.29) is 17.4 Å². The lowest BCUT2D eigenvalue weighted by atomic mass is 9.59. The van der Waals surface area contributed by atoms with Crippen molar-refractivity contribution in [2.24, 2.45) is 23.7 Å². The first-order valence-corrected chi connectivity index (χ1v) is 8.11. The van der Waals surface area contributed by atoms with E-state index in [0.29, 0.717) is 29.3 Å². The summed E-state index contributed by atoms with van der Waals surface area (Å²) in [6, 6.07) is 0. The lowest BCUT2D eigenvalue weighted by molar-refractivity contribution is 0.220. The first-order chi connectivity index (χ1) is 11.2. The largest absolute Gasteiger partial charge is 0.327 e. The van der Waals surface area contributed by atoms with Gasteiger partial charge in [-0.2, -0.15) is 0 Å². The Morgan fingerprint density at radius 1 is 0.870 bits per heavy atom. The molecule has 0 saturated heterocycles. The van der Waals surface area contributed by atoms with Gasteiger partial charge in [-0.25, -0.2) is 14.8 Å². The standard InChI is InChI=1S/C17H14N4O2/c22-16-14-15(20-17(23)21-16)19-13-9-4-3-8(12(13)18-14)10-6-1-2-7(5-6)11(9)10/h1-4,6-11H,5H2,(H2,19,20,21,22,23)/t6-,7+,8+,9-,10-,11+/m0/s1. The van der Waals surface area contributed by atoms with Gasteiger partial charge in [-0.15, -0.1) is 0 Å². The number of H-pyrrole nitrogens is 2. The van der Waals surface area contributed by atoms with E-state index < -0.39 is 11.2 Å². The fourth-order valence-electron chi connectivity index (χ4n) is 5.45. The lowest BCUT2D eigenvalue weighted by Gasteiger charge is -2.45. The van der Waals surface area contributed by atoms with E-state index in [1.54, 1.807) is 0 Å². The maximum Gasteiger partial charge on any atom is 0.327 e. The molecule has 23 heavy (non-hydrogen) atoms. The van der Waals surface area contributed by atoms with Crippen LogP contribution < -0.4 is 11.2 Å². The smallest absolute Gasteiger partial charge is 0.290 e. The summed E-state index contributed by atoms with van der Waals surface area (Å²) >= 11 is 0. The molecule has 0 unspecified atom stereocenters. The number of hydrogen-bond donors (Lipinski definition) is 2. The molecule has 2 N–H and O–H groups in total. The van der Waals surface area contributed by atoms with Crippen molar-refractivity contribution in [1.82, 2.24) is 19.9 Å². The van der Waals surface area contributed by atoms with Crippen molar-refractivity contribution in [2.75, 3.05) is 0 Å². The molecule has 4 bridgehead atoms. The summed E-state index contributed by atoms with van der Waals surface area (Å²) in [6.45, 7) is 0. The summed E-state index contributed by atoms with van der Waals surface area (Å²) in [6.07, 6.45) is 10.5. The quantitative estimate of drug-likeness (QED) is 0.715. The Bertz CT molecular complexity index is 1050. The van der Waals surface area contributed by atoms with Crippen LogP contribution in [0.4, 0.5) is 0 Å². The third-order valence-corrected chi connectivity index (χ3v) is 6.19. The van der Waals surface area contributed by atoms with Crippen LogP contribution in [0, 0.1) is 23.7 Å². The Morgan fingerprint density at radius 2 is 1.52 bits per heavy atom. The van der Waals surface area contributed by atoms with Crippen molar-refractivity contribution < 1.29 is 0 Å². The third kappa shape index (κ3) is 1.31. The minimum atomic E-state index is -0.533. The molecule has 6 atom stereocenters. The van der Waals surface area contributed by atoms with Gasteiger partial charge >= 0.3 is 5.69 Å². The molecule has 0 aliphatic heterocycles. The zero-order valence-corrected chi connectivity index (χ0v) is 12.2. The van der Waals surface area contributed by atoms with Crippen LogP contribution in [0.3, 0.4) is 0 Å². The molecule has 1 fully saturated rings. The second-order valence-electron chi connectivity index (χ2n) is 7.14. The van der Waals surface area contributed by atoms with Crippen molar-refractivity contribution in [2.45, 2.75) is 18.3 Å². The van der Waals surface area contributed by atoms with Gasteiger partial charge < -0.3 is 0 Å². The Hall–Kier alpha value is -2.50. The molecule has 0 aromatic carbocycles. The van der Waals surface area contributed by atoms with Gasteiger partial charge in [-0.3, -0.25) is 14.8 Å². The third-order valence-electron chi connectivity index (χ3n) is 6.19. The molecule has 0 spiro atoms. The van der Waals surface area contributed by atoms with Crippen LogP contribution in [-0.4, -0.2) is 19.9 Å². The van der Waals surface area contributed by atoms with Crippen LogP contribution in [0.25, 0.3) is 11.2 Å². The van der Waals surface area contributed by atoms with Gasteiger partial charge in [0.25, 0.3) is 5.56 Å². The highest BCUT2D eigenvalue weighted by Gasteiger charge is 2.56. The van der Waals surface area contributed by atoms with Crippen LogP contribution in [0.2, 0.25) is 0 Å². The van der Waals surface area contributed by atoms with Gasteiger partial charge in [-0.05, 0) is 30.1 Å². The van der Waals surface area contributed by atoms with E-state index in [2.05, 4.69) is 44.2 Å². The van der Waals surface area contributed by atoms with Gasteiger partial charge in [-0.1, -0.05) is 24.3 Å². The molecule has 6 heteroatoms. The second kappa shape index (κ2) is 3.69. The topological polar surface area (TPSA) is 91.5 Å². The number of allylic oxidation sites excluding steroid dienone is 4. The molecule has 7 rings (SSSR count). The Kier molecular flexibility index (Phi) is 1.93. The molecule has 0 radical (unpaired) electrons. The van der Waals surface area contributed by atoms with E-state index in [1.165, 1.54) is 6.42 Å². The number of rotatable bonds is 0. The number of fused-ring (bicyclic) bond motifs is 3. The molecular weight excluding hydrogens is 292 g/mol. The fourth-order valence-corrected chi connectivity index (χ4v) is 5.45. The van der Waals surface area contributed by atoms with Crippen molar-refractivity contribution in [3.05, 3.63) is 56.5 Å². The summed E-state index contributed by atoms with van der Waals surface area (Å²) in [5.74, 6) is 2.92. The summed E-state index contributed by atoms with van der Waals surface area (Å²) in [5, 5.41) is 0. The molecular formula is C17H14N4O2. The lowest BCUT2D eigenvalue weighted by Crippen LogP contribution is -2.39. The minimum Gasteiger partial charge on any atom is -0.290 e. The van der Waals surface area contributed by atoms with Gasteiger partial charge in [0.05, 0.1) is 11.4 Å². The van der Waals surface area contributed by atoms with E-state index >= 15 is 0 Å². The first-order valence-electron chi connectivity index (χ1n) is 8.11. The molecule has 5 aliphatic carbocycles. The van der Waals surface area contributed by atoms with Crippen LogP contribution in [0.15, 0.2) is 33.9 Å². The number of aromatic nitrogens is 4. The number of hydrogen-bond acceptors (Lipinski definition) is 4. The van der Waals surface area contributed by atoms with Crippen molar-refractivity contribution in [3.63, 3.8) is 0 Å². The highest BCUT2D eigenvalue weighted by molar-refractivity contribution is 5.69. The SMILES string of the molecule is O=c1[nH]c(=O)c2nc3c(nc2[nH]1)[C@H]1C=C[C@@H]3[C@H]2[C@@H]1[C@@H]1C=C[C@H]2C1. The molecule has 1 saturated carbocycles. The first kappa shape index (κ1) is 12.0. The maximum absolute atomic E-state index is 12.0. The monoisotopic (exact) mass is 306 g/mol. The Morgan fingerprint density at radius 3 is 2.22 bits per heavy atom. The van der Waals surface area contributed by atoms with Crippen LogP contribution in [-0.2, 0) is 0 Å². The van der Waals surface area contributed by atoms with E-state index in [4.69, 9.17) is 0 Å². The molecule has 5 aliphatic rings. The van der Waals surface area contributed by atoms with Crippen molar-refractivity contribution in [3.8, 4) is 0 Å². The Labute approximate surface area is 130 Å². The zero-order chi connectivity index (χ0) is 15.3. The molecule has 2 aromatic rings. The predicted molar refractivity (Wildman–Crippen MR) is 83.1 cm³/mol. The van der Waals surface area contributed by atoms with Crippen LogP contribution in [0.5, 0.6) is 0 Å². The Balaban J connectivity index is 1.66. The van der Waals surface area contributed by atoms with E-state index in [0.717, 1.165) is 11.4 Å². The number of aromatic amines is 2. The summed E-state index contributed by atoms with van der Waals surface area (Å²) in [7, 11) is 0. The van der Waals surface area contributed by atoms with Crippen molar-refractivity contribution >= 4 is 11.2 Å². The van der Waals surface area contributed by atoms with E-state index in [1.807, 2.05) is 0 Å². The van der Waals surface area contributed by atoms with Crippen LogP contribution >= 0.6 is 0 Å². The molecule has 6 nitrogen and oxygen atoms in total.